The number of hydrogen-bond donors (Lipinski definition) is 3. The summed E-state index contributed by atoms with van der Waals surface area (Å²) in [5.41, 5.74) is 2.21. The lowest BCUT2D eigenvalue weighted by atomic mass is 9.97. The zero-order valence-electron chi connectivity index (χ0n) is 15.8. The van der Waals surface area contributed by atoms with Crippen molar-refractivity contribution in [3.8, 4) is 11.3 Å². The van der Waals surface area contributed by atoms with Crippen molar-refractivity contribution in [1.82, 2.24) is 15.0 Å². The van der Waals surface area contributed by atoms with Gasteiger partial charge in [-0.1, -0.05) is 6.92 Å². The van der Waals surface area contributed by atoms with Crippen molar-refractivity contribution in [2.75, 3.05) is 25.6 Å². The molecule has 3 aromatic heterocycles. The lowest BCUT2D eigenvalue weighted by Gasteiger charge is -2.26. The second kappa shape index (κ2) is 7.21. The van der Waals surface area contributed by atoms with Crippen LogP contribution < -0.4 is 10.7 Å². The van der Waals surface area contributed by atoms with E-state index in [1.54, 1.807) is 38.4 Å². The molecule has 3 N–H and O–H groups in total. The first-order valence-electron chi connectivity index (χ1n) is 9.20. The molecule has 8 heteroatoms. The van der Waals surface area contributed by atoms with Gasteiger partial charge in [0, 0.05) is 55.8 Å². The van der Waals surface area contributed by atoms with Gasteiger partial charge < -0.3 is 24.8 Å². The maximum absolute atomic E-state index is 12.4. The first kappa shape index (κ1) is 18.4. The van der Waals surface area contributed by atoms with E-state index in [-0.39, 0.29) is 11.3 Å². The maximum atomic E-state index is 12.4. The fourth-order valence-electron chi connectivity index (χ4n) is 3.51. The van der Waals surface area contributed by atoms with E-state index < -0.39 is 5.60 Å². The Labute approximate surface area is 161 Å². The third-order valence-electron chi connectivity index (χ3n) is 5.15. The molecule has 1 aliphatic heterocycles. The normalized spacial score (nSPS) is 19.2. The number of nitrogens with zero attached hydrogens (tertiary/aromatic N) is 1. The van der Waals surface area contributed by atoms with E-state index in [1.807, 2.05) is 6.20 Å². The number of anilines is 1. The average Bonchev–Trinajstić information content (AvgIpc) is 3.35. The third-order valence-corrected chi connectivity index (χ3v) is 5.15. The summed E-state index contributed by atoms with van der Waals surface area (Å²) in [5, 5.41) is 3.61. The van der Waals surface area contributed by atoms with Crippen LogP contribution in [0, 0.1) is 0 Å². The molecule has 0 bridgehead atoms. The summed E-state index contributed by atoms with van der Waals surface area (Å²) in [5.74, 6) is 0.360. The number of methoxy groups -OCH3 is 1. The molecule has 1 unspecified atom stereocenters. The minimum atomic E-state index is -0.650. The standard InChI is InChI=1S/C20H22N4O4/c1-3-19(26)24-18-8-13-14(9-21-16(13)10-22-18)15-6-12(25)7-17(23-15)20(27-2)4-5-28-11-20/h6-10,21H,3-5,11H2,1-2H3,(H,23,25)(H,22,24,26). The molecule has 4 rings (SSSR count). The van der Waals surface area contributed by atoms with Gasteiger partial charge in [0.2, 0.25) is 5.91 Å². The topological polar surface area (TPSA) is 109 Å². The van der Waals surface area contributed by atoms with E-state index in [0.717, 1.165) is 16.5 Å². The van der Waals surface area contributed by atoms with Crippen LogP contribution in [0.25, 0.3) is 22.2 Å². The number of ether oxygens (including phenoxy) is 2. The zero-order chi connectivity index (χ0) is 19.7. The number of aromatic amines is 2. The van der Waals surface area contributed by atoms with E-state index >= 15 is 0 Å². The van der Waals surface area contributed by atoms with Gasteiger partial charge in [-0.2, -0.15) is 0 Å². The Balaban J connectivity index is 1.80. The Morgan fingerprint density at radius 1 is 1.39 bits per heavy atom. The van der Waals surface area contributed by atoms with Crippen molar-refractivity contribution in [2.24, 2.45) is 0 Å². The van der Waals surface area contributed by atoms with Crippen molar-refractivity contribution >= 4 is 22.6 Å². The van der Waals surface area contributed by atoms with Crippen LogP contribution in [0.5, 0.6) is 0 Å². The molecular formula is C20H22N4O4. The molecule has 28 heavy (non-hydrogen) atoms. The molecule has 3 aromatic rings. The highest BCUT2D eigenvalue weighted by Crippen LogP contribution is 2.34. The van der Waals surface area contributed by atoms with Gasteiger partial charge in [-0.15, -0.1) is 0 Å². The van der Waals surface area contributed by atoms with Crippen molar-refractivity contribution in [1.29, 1.82) is 0 Å². The van der Waals surface area contributed by atoms with Crippen molar-refractivity contribution in [2.45, 2.75) is 25.4 Å². The number of amides is 1. The Hall–Kier alpha value is -2.97. The van der Waals surface area contributed by atoms with Crippen molar-refractivity contribution in [3.05, 3.63) is 46.5 Å². The molecule has 146 valence electrons. The first-order chi connectivity index (χ1) is 13.5. The average molecular weight is 382 g/mol. The molecule has 1 fully saturated rings. The molecule has 0 aliphatic carbocycles. The predicted octanol–water partition coefficient (Wildman–Crippen LogP) is 2.53. The lowest BCUT2D eigenvalue weighted by molar-refractivity contribution is -0.115. The van der Waals surface area contributed by atoms with Gasteiger partial charge >= 0.3 is 0 Å². The number of pyridine rings is 2. The van der Waals surface area contributed by atoms with Crippen LogP contribution in [-0.4, -0.2) is 41.2 Å². The number of aromatic nitrogens is 3. The third kappa shape index (κ3) is 3.21. The largest absolute Gasteiger partial charge is 0.378 e. The maximum Gasteiger partial charge on any atom is 0.225 e. The lowest BCUT2D eigenvalue weighted by Crippen LogP contribution is -2.31. The highest BCUT2D eigenvalue weighted by molar-refractivity contribution is 5.98. The quantitative estimate of drug-likeness (QED) is 0.628. The second-order valence-corrected chi connectivity index (χ2v) is 6.86. The van der Waals surface area contributed by atoms with E-state index in [0.29, 0.717) is 43.3 Å². The summed E-state index contributed by atoms with van der Waals surface area (Å²) < 4.78 is 11.2. The van der Waals surface area contributed by atoms with Crippen molar-refractivity contribution in [3.63, 3.8) is 0 Å². The summed E-state index contributed by atoms with van der Waals surface area (Å²) in [6, 6.07) is 4.91. The van der Waals surface area contributed by atoms with Crippen LogP contribution in [0.4, 0.5) is 5.82 Å². The summed E-state index contributed by atoms with van der Waals surface area (Å²) in [6.45, 7) is 2.76. The highest BCUT2D eigenvalue weighted by atomic mass is 16.5. The fourth-order valence-corrected chi connectivity index (χ4v) is 3.51. The van der Waals surface area contributed by atoms with Crippen LogP contribution in [0.3, 0.4) is 0 Å². The molecule has 0 radical (unpaired) electrons. The smallest absolute Gasteiger partial charge is 0.225 e. The Kier molecular flexibility index (Phi) is 4.74. The summed E-state index contributed by atoms with van der Waals surface area (Å²) in [6.07, 6.45) is 4.52. The second-order valence-electron chi connectivity index (χ2n) is 6.86. The van der Waals surface area contributed by atoms with Gasteiger partial charge in [0.1, 0.15) is 11.4 Å². The van der Waals surface area contributed by atoms with E-state index in [2.05, 4.69) is 20.3 Å². The number of nitrogens with one attached hydrogen (secondary N) is 3. The van der Waals surface area contributed by atoms with Gasteiger partial charge in [0.25, 0.3) is 0 Å². The molecule has 0 spiro atoms. The molecule has 1 amide bonds. The molecule has 1 atom stereocenters. The predicted molar refractivity (Wildman–Crippen MR) is 105 cm³/mol. The number of carbonyl (C=O) groups excluding carboxylic acids is 1. The van der Waals surface area contributed by atoms with Crippen LogP contribution in [0.1, 0.15) is 25.5 Å². The fraction of sp³-hybridized carbons (Fsp3) is 0.350. The highest BCUT2D eigenvalue weighted by Gasteiger charge is 2.38. The van der Waals surface area contributed by atoms with Crippen LogP contribution in [0.2, 0.25) is 0 Å². The van der Waals surface area contributed by atoms with Crippen molar-refractivity contribution < 1.29 is 14.3 Å². The molecule has 0 saturated carbocycles. The number of rotatable bonds is 5. The van der Waals surface area contributed by atoms with Crippen LogP contribution >= 0.6 is 0 Å². The van der Waals surface area contributed by atoms with Gasteiger partial charge in [-0.05, 0) is 6.07 Å². The van der Waals surface area contributed by atoms with Crippen LogP contribution in [-0.2, 0) is 19.9 Å². The molecule has 4 heterocycles. The van der Waals surface area contributed by atoms with Gasteiger partial charge in [0.05, 0.1) is 29.7 Å². The Morgan fingerprint density at radius 2 is 2.25 bits per heavy atom. The van der Waals surface area contributed by atoms with Gasteiger partial charge in [-0.25, -0.2) is 4.98 Å². The minimum absolute atomic E-state index is 0.109. The molecular weight excluding hydrogens is 360 g/mol. The molecule has 1 aliphatic rings. The number of carbonyl (C=O) groups is 1. The molecule has 1 saturated heterocycles. The summed E-state index contributed by atoms with van der Waals surface area (Å²) >= 11 is 0. The van der Waals surface area contributed by atoms with Gasteiger partial charge in [0.15, 0.2) is 5.43 Å². The number of H-pyrrole nitrogens is 2. The van der Waals surface area contributed by atoms with E-state index in [9.17, 15) is 9.59 Å². The monoisotopic (exact) mass is 382 g/mol. The van der Waals surface area contributed by atoms with E-state index in [4.69, 9.17) is 9.47 Å². The SMILES string of the molecule is CCC(=O)Nc1cc2c(-c3cc(=O)cc(C4(OC)CCOC4)[nH]3)c[nH]c2cn1. The minimum Gasteiger partial charge on any atom is -0.378 e. The number of hydrogen-bond acceptors (Lipinski definition) is 5. The molecule has 0 aromatic carbocycles. The number of fused-ring (bicyclic) bond motifs is 1. The van der Waals surface area contributed by atoms with Gasteiger partial charge in [-0.3, -0.25) is 9.59 Å². The molecule has 8 nitrogen and oxygen atoms in total. The van der Waals surface area contributed by atoms with E-state index in [1.165, 1.54) is 0 Å². The summed E-state index contributed by atoms with van der Waals surface area (Å²) in [4.78, 5) is 34.9. The Bertz CT molecular complexity index is 1080. The summed E-state index contributed by atoms with van der Waals surface area (Å²) in [7, 11) is 1.62. The van der Waals surface area contributed by atoms with Crippen LogP contribution in [0.15, 0.2) is 35.4 Å². The zero-order valence-corrected chi connectivity index (χ0v) is 15.8. The first-order valence-corrected chi connectivity index (χ1v) is 9.20. The Morgan fingerprint density at radius 3 is 2.96 bits per heavy atom.